The molecule has 1 aliphatic heterocycles. The number of amides is 1. The number of carbonyl (C=O) groups excluding carboxylic acids is 1. The molecule has 1 amide bonds. The number of pyridine rings is 1. The van der Waals surface area contributed by atoms with Crippen LogP contribution in [0.2, 0.25) is 0 Å². The highest BCUT2D eigenvalue weighted by molar-refractivity contribution is 5.99. The Bertz CT molecular complexity index is 637. The predicted molar refractivity (Wildman–Crippen MR) is 72.7 cm³/mol. The Labute approximate surface area is 116 Å². The maximum Gasteiger partial charge on any atom is 0.256 e. The van der Waals surface area contributed by atoms with Gasteiger partial charge in [-0.1, -0.05) is 0 Å². The van der Waals surface area contributed by atoms with E-state index in [9.17, 15) is 4.79 Å². The molecule has 0 unspecified atom stereocenters. The zero-order valence-electron chi connectivity index (χ0n) is 11.2. The van der Waals surface area contributed by atoms with Crippen molar-refractivity contribution in [1.82, 2.24) is 24.6 Å². The van der Waals surface area contributed by atoms with Crippen molar-refractivity contribution in [3.8, 4) is 11.5 Å². The Balaban J connectivity index is 1.98. The van der Waals surface area contributed by atoms with Gasteiger partial charge in [0.15, 0.2) is 5.82 Å². The van der Waals surface area contributed by atoms with E-state index in [2.05, 4.69) is 15.2 Å². The summed E-state index contributed by atoms with van der Waals surface area (Å²) in [6.45, 7) is 1.28. The van der Waals surface area contributed by atoms with Crippen molar-refractivity contribution in [2.75, 3.05) is 13.1 Å². The van der Waals surface area contributed by atoms with Crippen LogP contribution >= 0.6 is 0 Å². The van der Waals surface area contributed by atoms with Crippen LogP contribution in [-0.2, 0) is 7.05 Å². The van der Waals surface area contributed by atoms with Crippen LogP contribution in [0.25, 0.3) is 11.5 Å². The van der Waals surface area contributed by atoms with Gasteiger partial charge in [0.05, 0.1) is 5.56 Å². The van der Waals surface area contributed by atoms with Crippen LogP contribution in [0.5, 0.6) is 0 Å². The number of hydrogen-bond acceptors (Lipinski definition) is 5. The van der Waals surface area contributed by atoms with Crippen molar-refractivity contribution >= 4 is 5.91 Å². The van der Waals surface area contributed by atoms with Gasteiger partial charge in [0.1, 0.15) is 12.0 Å². The fourth-order valence-electron chi connectivity index (χ4n) is 2.40. The average Bonchev–Trinajstić information content (AvgIpc) is 3.07. The highest BCUT2D eigenvalue weighted by Crippen LogP contribution is 2.21. The molecule has 1 aliphatic rings. The summed E-state index contributed by atoms with van der Waals surface area (Å²) in [5.41, 5.74) is 6.95. The normalized spacial score (nSPS) is 18.5. The van der Waals surface area contributed by atoms with Gasteiger partial charge < -0.3 is 15.2 Å². The van der Waals surface area contributed by atoms with E-state index in [-0.39, 0.29) is 11.9 Å². The standard InChI is InChI=1S/C13H16N6O/c1-18-8-16-17-12(18)11-10(3-2-5-15-11)13(20)19-6-4-9(14)7-19/h2-3,5,8-9H,4,6-7,14H2,1H3/t9-/m0/s1. The van der Waals surface area contributed by atoms with E-state index < -0.39 is 0 Å². The fraction of sp³-hybridized carbons (Fsp3) is 0.385. The largest absolute Gasteiger partial charge is 0.337 e. The maximum absolute atomic E-state index is 12.6. The minimum atomic E-state index is -0.0518. The van der Waals surface area contributed by atoms with Crippen LogP contribution in [-0.4, -0.2) is 49.7 Å². The van der Waals surface area contributed by atoms with Crippen molar-refractivity contribution in [3.05, 3.63) is 30.2 Å². The second-order valence-electron chi connectivity index (χ2n) is 4.96. The Morgan fingerprint density at radius 3 is 3.00 bits per heavy atom. The van der Waals surface area contributed by atoms with E-state index in [1.54, 1.807) is 34.1 Å². The molecule has 0 radical (unpaired) electrons. The molecule has 0 spiro atoms. The highest BCUT2D eigenvalue weighted by atomic mass is 16.2. The number of hydrogen-bond donors (Lipinski definition) is 1. The van der Waals surface area contributed by atoms with Crippen LogP contribution in [0.15, 0.2) is 24.7 Å². The molecule has 1 fully saturated rings. The zero-order chi connectivity index (χ0) is 14.1. The first-order valence-electron chi connectivity index (χ1n) is 6.51. The Kier molecular flexibility index (Phi) is 3.19. The smallest absolute Gasteiger partial charge is 0.256 e. The molecule has 1 atom stereocenters. The van der Waals surface area contributed by atoms with Crippen LogP contribution < -0.4 is 5.73 Å². The lowest BCUT2D eigenvalue weighted by atomic mass is 10.1. The zero-order valence-corrected chi connectivity index (χ0v) is 11.2. The van der Waals surface area contributed by atoms with Gasteiger partial charge in [-0.3, -0.25) is 9.78 Å². The predicted octanol–water partition coefficient (Wildman–Crippen LogP) is 0.0503. The third-order valence-corrected chi connectivity index (χ3v) is 3.47. The van der Waals surface area contributed by atoms with Gasteiger partial charge in [-0.2, -0.15) is 0 Å². The molecule has 0 aliphatic carbocycles. The summed E-state index contributed by atoms with van der Waals surface area (Å²) in [6.07, 6.45) is 4.08. The van der Waals surface area contributed by atoms with Gasteiger partial charge in [-0.25, -0.2) is 0 Å². The molecule has 2 aromatic rings. The van der Waals surface area contributed by atoms with Crippen molar-refractivity contribution in [3.63, 3.8) is 0 Å². The van der Waals surface area contributed by atoms with E-state index in [4.69, 9.17) is 5.73 Å². The van der Waals surface area contributed by atoms with Gasteiger partial charge >= 0.3 is 0 Å². The maximum atomic E-state index is 12.6. The minimum Gasteiger partial charge on any atom is -0.337 e. The topological polar surface area (TPSA) is 89.9 Å². The third kappa shape index (κ3) is 2.16. The number of aryl methyl sites for hydroxylation is 1. The Morgan fingerprint density at radius 2 is 2.35 bits per heavy atom. The van der Waals surface area contributed by atoms with Gasteiger partial charge in [0.25, 0.3) is 5.91 Å². The lowest BCUT2D eigenvalue weighted by Crippen LogP contribution is -2.32. The quantitative estimate of drug-likeness (QED) is 0.834. The van der Waals surface area contributed by atoms with Crippen molar-refractivity contribution in [2.45, 2.75) is 12.5 Å². The molecular weight excluding hydrogens is 256 g/mol. The Hall–Kier alpha value is -2.28. The number of aromatic nitrogens is 4. The second kappa shape index (κ2) is 5.01. The lowest BCUT2D eigenvalue weighted by Gasteiger charge is -2.17. The van der Waals surface area contributed by atoms with Crippen LogP contribution in [0.1, 0.15) is 16.8 Å². The molecule has 20 heavy (non-hydrogen) atoms. The number of nitrogens with zero attached hydrogens (tertiary/aromatic N) is 5. The average molecular weight is 272 g/mol. The van der Waals surface area contributed by atoms with E-state index in [0.717, 1.165) is 6.42 Å². The van der Waals surface area contributed by atoms with Crippen molar-refractivity contribution in [2.24, 2.45) is 12.8 Å². The van der Waals surface area contributed by atoms with Gasteiger partial charge in [-0.15, -0.1) is 10.2 Å². The first-order valence-corrected chi connectivity index (χ1v) is 6.51. The number of nitrogens with two attached hydrogens (primary N) is 1. The summed E-state index contributed by atoms with van der Waals surface area (Å²) < 4.78 is 1.74. The summed E-state index contributed by atoms with van der Waals surface area (Å²) in [4.78, 5) is 18.6. The molecule has 2 aromatic heterocycles. The third-order valence-electron chi connectivity index (χ3n) is 3.47. The molecule has 104 valence electrons. The van der Waals surface area contributed by atoms with Crippen molar-refractivity contribution in [1.29, 1.82) is 0 Å². The number of rotatable bonds is 2. The minimum absolute atomic E-state index is 0.0518. The molecule has 0 aromatic carbocycles. The first kappa shape index (κ1) is 12.7. The molecule has 0 saturated carbocycles. The molecule has 7 nitrogen and oxygen atoms in total. The SMILES string of the molecule is Cn1cnnc1-c1ncccc1C(=O)N1CC[C@H](N)C1. The molecule has 0 bridgehead atoms. The van der Waals surface area contributed by atoms with E-state index >= 15 is 0 Å². The summed E-state index contributed by atoms with van der Waals surface area (Å²) in [5, 5.41) is 7.86. The molecule has 2 N–H and O–H groups in total. The van der Waals surface area contributed by atoms with Crippen molar-refractivity contribution < 1.29 is 4.79 Å². The second-order valence-corrected chi connectivity index (χ2v) is 4.96. The monoisotopic (exact) mass is 272 g/mol. The van der Waals surface area contributed by atoms with Crippen LogP contribution in [0.3, 0.4) is 0 Å². The van der Waals surface area contributed by atoms with Crippen LogP contribution in [0, 0.1) is 0 Å². The summed E-state index contributed by atoms with van der Waals surface area (Å²) in [5.74, 6) is 0.529. The molecular formula is C13H16N6O. The summed E-state index contributed by atoms with van der Waals surface area (Å²) in [6, 6.07) is 3.58. The lowest BCUT2D eigenvalue weighted by molar-refractivity contribution is 0.0791. The molecule has 1 saturated heterocycles. The molecule has 3 heterocycles. The fourth-order valence-corrected chi connectivity index (χ4v) is 2.40. The van der Waals surface area contributed by atoms with Crippen LogP contribution in [0.4, 0.5) is 0 Å². The molecule has 3 rings (SSSR count). The van der Waals surface area contributed by atoms with E-state index in [0.29, 0.717) is 30.2 Å². The summed E-state index contributed by atoms with van der Waals surface area (Å²) >= 11 is 0. The first-order chi connectivity index (χ1) is 9.66. The number of likely N-dealkylation sites (tertiary alicyclic amines) is 1. The van der Waals surface area contributed by atoms with Gasteiger partial charge in [0.2, 0.25) is 0 Å². The Morgan fingerprint density at radius 1 is 1.50 bits per heavy atom. The van der Waals surface area contributed by atoms with Gasteiger partial charge in [-0.05, 0) is 18.6 Å². The highest BCUT2D eigenvalue weighted by Gasteiger charge is 2.27. The molecule has 7 heteroatoms. The summed E-state index contributed by atoms with van der Waals surface area (Å²) in [7, 11) is 1.82. The number of carbonyl (C=O) groups is 1. The van der Waals surface area contributed by atoms with E-state index in [1.807, 2.05) is 7.05 Å². The van der Waals surface area contributed by atoms with Gasteiger partial charge in [0, 0.05) is 32.4 Å². The van der Waals surface area contributed by atoms with E-state index in [1.165, 1.54) is 0 Å².